The molecule has 2 N–H and O–H groups in total. The van der Waals surface area contributed by atoms with Crippen LogP contribution in [0.3, 0.4) is 0 Å². The van der Waals surface area contributed by atoms with Crippen LogP contribution >= 0.6 is 0 Å². The van der Waals surface area contributed by atoms with Gasteiger partial charge in [-0.25, -0.2) is 4.79 Å². The minimum atomic E-state index is -3.11. The minimum Gasteiger partial charge on any atom is -0.872 e. The number of hydrogen-bond acceptors (Lipinski definition) is 10. The van der Waals surface area contributed by atoms with E-state index in [4.69, 9.17) is 36.8 Å². The number of carboxylic acid groups (broad SMARTS) is 1. The van der Waals surface area contributed by atoms with E-state index < -0.39 is 28.7 Å². The van der Waals surface area contributed by atoms with Gasteiger partial charge in [0, 0.05) is 0 Å². The molecule has 0 bridgehead atoms. The molecule has 3 aromatic carbocycles. The van der Waals surface area contributed by atoms with E-state index in [9.17, 15) is 15.0 Å². The maximum atomic E-state index is 10.3. The van der Waals surface area contributed by atoms with Gasteiger partial charge in [0.2, 0.25) is 0 Å². The second kappa shape index (κ2) is 30.5. The Hall–Kier alpha value is 0.267. The van der Waals surface area contributed by atoms with E-state index in [1.165, 1.54) is 36.4 Å². The Balaban J connectivity index is -0.000000109. The van der Waals surface area contributed by atoms with Gasteiger partial charge in [-0.05, 0) is 12.1 Å². The van der Waals surface area contributed by atoms with Crippen LogP contribution in [0.4, 0.5) is 0 Å². The van der Waals surface area contributed by atoms with Crippen molar-refractivity contribution in [2.45, 2.75) is 0 Å². The summed E-state index contributed by atoms with van der Waals surface area (Å²) in [7, 11) is 0. The monoisotopic (exact) mass is 686 g/mol. The van der Waals surface area contributed by atoms with Crippen molar-refractivity contribution in [3.8, 4) is 17.2 Å². The molecule has 0 amide bonds. The second-order valence-corrected chi connectivity index (χ2v) is 5.67. The molecule has 0 unspecified atom stereocenters. The summed E-state index contributed by atoms with van der Waals surface area (Å²) in [5, 5.41) is 37.8. The molecule has 0 fully saturated rings. The minimum absolute atomic E-state index is 0. The molecule has 0 spiro atoms. The molecule has 176 valence electrons. The van der Waals surface area contributed by atoms with Crippen LogP contribution in [-0.4, -0.2) is 152 Å². The van der Waals surface area contributed by atoms with Crippen molar-refractivity contribution < 1.29 is 51.8 Å². The van der Waals surface area contributed by atoms with Gasteiger partial charge in [0.15, 0.2) is 0 Å². The number of benzene rings is 3. The normalized spacial score (nSPS) is 8.06. The molecule has 0 aromatic heterocycles. The first-order chi connectivity index (χ1) is 15.0. The molecule has 0 aliphatic heterocycles. The van der Waals surface area contributed by atoms with Gasteiger partial charge in [0.05, 0.1) is 0 Å². The van der Waals surface area contributed by atoms with Gasteiger partial charge in [-0.15, -0.1) is 34.2 Å². The molecule has 0 saturated carbocycles. The summed E-state index contributed by atoms with van der Waals surface area (Å²) >= 11 is -6.22. The van der Waals surface area contributed by atoms with Crippen LogP contribution in [0, 0.1) is 0 Å². The van der Waals surface area contributed by atoms with E-state index in [-0.39, 0.29) is 132 Å². The average molecular weight is 686 g/mol. The first kappa shape index (κ1) is 45.2. The predicted molar refractivity (Wildman–Crippen MR) is 123 cm³/mol. The Kier molecular flexibility index (Phi) is 39.4. The zero-order valence-electron chi connectivity index (χ0n) is 18.1. The van der Waals surface area contributed by atoms with Gasteiger partial charge >= 0.3 is 116 Å². The molecule has 3 rings (SSSR count). The Bertz CT molecular complexity index is 885. The topological polar surface area (TPSA) is 230 Å². The third-order valence-corrected chi connectivity index (χ3v) is 2.62. The molecule has 0 aliphatic carbocycles. The third-order valence-electron chi connectivity index (χ3n) is 2.62. The molecule has 35 heavy (non-hydrogen) atoms. The summed E-state index contributed by atoms with van der Waals surface area (Å²) in [5.41, 5.74) is -0.0671. The van der Waals surface area contributed by atoms with Gasteiger partial charge < -0.3 is 38.6 Å². The summed E-state index contributed by atoms with van der Waals surface area (Å²) in [6.45, 7) is 0. The summed E-state index contributed by atoms with van der Waals surface area (Å²) in [6, 6.07) is 22.5. The van der Waals surface area contributed by atoms with Crippen LogP contribution in [0.15, 0.2) is 84.9 Å². The molecule has 0 saturated heterocycles. The first-order valence-corrected chi connectivity index (χ1v) is 9.96. The van der Waals surface area contributed by atoms with Gasteiger partial charge in [-0.2, -0.15) is 0 Å². The van der Waals surface area contributed by atoms with Crippen LogP contribution in [0.5, 0.6) is 17.2 Å². The van der Waals surface area contributed by atoms with Crippen molar-refractivity contribution in [3.05, 3.63) is 90.5 Å². The first-order valence-electron chi connectivity index (χ1n) is 7.96. The molecule has 0 aliphatic rings. The van der Waals surface area contributed by atoms with E-state index in [0.717, 1.165) is 0 Å². The fraction of sp³-hybridized carbons (Fsp3) is 0. The van der Waals surface area contributed by atoms with E-state index in [0.29, 0.717) is 0 Å². The van der Waals surface area contributed by atoms with E-state index in [2.05, 4.69) is 0 Å². The maximum absolute atomic E-state index is 10.3. The number of carbonyl (C=O) groups is 1. The van der Waals surface area contributed by atoms with Crippen LogP contribution in [0.2, 0.25) is 0 Å². The molecule has 11 nitrogen and oxygen atoms in total. The molecule has 16 heteroatoms. The largest absolute Gasteiger partial charge is 2.00 e. The number of aromatic carboxylic acids is 1. The predicted octanol–water partition coefficient (Wildman–Crippen LogP) is -0.540. The molecule has 0 atom stereocenters. The molecule has 0 radical (unpaired) electrons. The van der Waals surface area contributed by atoms with Gasteiger partial charge in [0.25, 0.3) is 0 Å². The SMILES string of the molecule is O=C(O)c1ccccc1O.O=S([O-])[O-].O=S([O-])[O-].[Ba+2].[Ca+2].[Mg+2].[O-]c1ccccc1.[O-]c1ccccc1. The van der Waals surface area contributed by atoms with Crippen molar-refractivity contribution >= 4 is 138 Å². The Morgan fingerprint density at radius 1 is 0.657 bits per heavy atom. The van der Waals surface area contributed by atoms with Crippen molar-refractivity contribution in [1.82, 2.24) is 0 Å². The number of rotatable bonds is 1. The van der Waals surface area contributed by atoms with Crippen LogP contribution in [0.1, 0.15) is 10.4 Å². The van der Waals surface area contributed by atoms with Gasteiger partial charge in [-0.1, -0.05) is 72.8 Å². The number of carboxylic acids is 1. The van der Waals surface area contributed by atoms with Crippen LogP contribution in [-0.2, 0) is 22.7 Å². The summed E-state index contributed by atoms with van der Waals surface area (Å²) in [6.07, 6.45) is 0. The van der Waals surface area contributed by atoms with E-state index in [1.807, 2.05) is 12.1 Å². The fourth-order valence-electron chi connectivity index (χ4n) is 1.50. The average Bonchev–Trinajstić information content (AvgIpc) is 2.69. The molecular weight excluding hydrogens is 670 g/mol. The van der Waals surface area contributed by atoms with Gasteiger partial charge in [0.1, 0.15) is 11.3 Å². The standard InChI is InChI=1S/C7H6O3.2C6H6O.Ba.Ca.Mg.2H2O3S/c8-6-4-2-1-3-5(6)7(9)10;2*7-6-4-2-1-3-5-6;;;;2*1-4(2)3/h1-4,8H,(H,9,10);2*1-5,7H;;;;2*(H2,1,2,3)/q;;;3*+2;;/p-6. The number of para-hydroxylation sites is 3. The fourth-order valence-corrected chi connectivity index (χ4v) is 1.50. The molecule has 0 heterocycles. The van der Waals surface area contributed by atoms with E-state index >= 15 is 0 Å². The quantitative estimate of drug-likeness (QED) is 0.244. The van der Waals surface area contributed by atoms with E-state index in [1.54, 1.807) is 36.4 Å². The smallest absolute Gasteiger partial charge is 0.872 e. The maximum Gasteiger partial charge on any atom is 2.00 e. The summed E-state index contributed by atoms with van der Waals surface area (Å²) in [4.78, 5) is 10.3. The Morgan fingerprint density at radius 2 is 0.914 bits per heavy atom. The number of aromatic hydroxyl groups is 1. The van der Waals surface area contributed by atoms with Crippen molar-refractivity contribution in [2.75, 3.05) is 0 Å². The van der Waals surface area contributed by atoms with Gasteiger partial charge in [-0.3, -0.25) is 8.42 Å². The molecule has 3 aromatic rings. The van der Waals surface area contributed by atoms with Crippen LogP contribution in [0.25, 0.3) is 0 Å². The second-order valence-electron chi connectivity index (χ2n) is 4.86. The molecular formula is C19H16BaCaMgO11S2. The van der Waals surface area contributed by atoms with Crippen molar-refractivity contribution in [2.24, 2.45) is 0 Å². The number of phenols is 1. The van der Waals surface area contributed by atoms with Crippen molar-refractivity contribution in [3.63, 3.8) is 0 Å². The Labute approximate surface area is 293 Å². The zero-order valence-corrected chi connectivity index (χ0v) is 27.8. The zero-order chi connectivity index (χ0) is 24.9. The van der Waals surface area contributed by atoms with Crippen molar-refractivity contribution in [1.29, 1.82) is 0 Å². The number of hydrogen-bond donors (Lipinski definition) is 2. The van der Waals surface area contributed by atoms with Crippen LogP contribution < -0.4 is 10.2 Å². The third kappa shape index (κ3) is 36.5. The summed E-state index contributed by atoms with van der Waals surface area (Å²) in [5.74, 6) is -1.17. The Morgan fingerprint density at radius 3 is 1.09 bits per heavy atom. The summed E-state index contributed by atoms with van der Waals surface area (Å²) < 4.78 is 50.7.